The predicted octanol–water partition coefficient (Wildman–Crippen LogP) is 2.94. The van der Waals surface area contributed by atoms with Crippen LogP contribution in [0.15, 0.2) is 36.4 Å². The molecule has 0 aliphatic carbocycles. The summed E-state index contributed by atoms with van der Waals surface area (Å²) < 4.78 is 18.6. The summed E-state index contributed by atoms with van der Waals surface area (Å²) in [7, 11) is 0. The van der Waals surface area contributed by atoms with E-state index in [1.807, 2.05) is 0 Å². The summed E-state index contributed by atoms with van der Waals surface area (Å²) in [5.74, 6) is -1.02. The average molecular weight is 363 g/mol. The van der Waals surface area contributed by atoms with Gasteiger partial charge in [-0.1, -0.05) is 17.7 Å². The summed E-state index contributed by atoms with van der Waals surface area (Å²) in [5, 5.41) is -0.0700. The maximum absolute atomic E-state index is 13.2. The highest BCUT2D eigenvalue weighted by Crippen LogP contribution is 2.30. The smallest absolute Gasteiger partial charge is 0.264 e. The zero-order chi connectivity index (χ0) is 18.0. The Labute approximate surface area is 149 Å². The number of nitrogens with two attached hydrogens (primary N) is 1. The van der Waals surface area contributed by atoms with Gasteiger partial charge in [0.05, 0.1) is 5.02 Å². The van der Waals surface area contributed by atoms with Gasteiger partial charge in [-0.05, 0) is 42.7 Å². The molecule has 0 unspecified atom stereocenters. The molecule has 7 heteroatoms. The third-order valence-corrected chi connectivity index (χ3v) is 4.36. The average Bonchev–Trinajstić information content (AvgIpc) is 2.61. The molecule has 1 aliphatic heterocycles. The lowest BCUT2D eigenvalue weighted by atomic mass is 9.96. The number of benzene rings is 2. The van der Waals surface area contributed by atoms with Gasteiger partial charge < -0.3 is 15.4 Å². The van der Waals surface area contributed by atoms with Crippen molar-refractivity contribution in [3.05, 3.63) is 58.4 Å². The normalized spacial score (nSPS) is 13.3. The molecule has 1 heterocycles. The second-order valence-corrected chi connectivity index (χ2v) is 6.09. The van der Waals surface area contributed by atoms with Crippen LogP contribution in [-0.4, -0.2) is 25.0 Å². The Kier molecular flexibility index (Phi) is 4.90. The van der Waals surface area contributed by atoms with E-state index in [1.54, 1.807) is 23.1 Å². The zero-order valence-corrected chi connectivity index (χ0v) is 14.1. The SMILES string of the molecule is NC(=O)c1cccc2c1CCCN2C(=O)COc1ccc(F)c(Cl)c1. The molecule has 3 rings (SSSR count). The number of nitrogens with zero attached hydrogens (tertiary/aromatic N) is 1. The highest BCUT2D eigenvalue weighted by atomic mass is 35.5. The van der Waals surface area contributed by atoms with Crippen LogP contribution in [0.1, 0.15) is 22.3 Å². The first-order valence-corrected chi connectivity index (χ1v) is 8.15. The van der Waals surface area contributed by atoms with Crippen molar-refractivity contribution in [2.24, 2.45) is 5.73 Å². The molecule has 0 radical (unpaired) electrons. The lowest BCUT2D eigenvalue weighted by molar-refractivity contribution is -0.120. The number of primary amides is 1. The molecule has 0 aromatic heterocycles. The van der Waals surface area contributed by atoms with Crippen molar-refractivity contribution in [1.29, 1.82) is 0 Å². The van der Waals surface area contributed by atoms with Crippen molar-refractivity contribution in [1.82, 2.24) is 0 Å². The summed E-state index contributed by atoms with van der Waals surface area (Å²) in [4.78, 5) is 25.7. The molecule has 130 valence electrons. The first kappa shape index (κ1) is 17.2. The third kappa shape index (κ3) is 3.58. The molecular weight excluding hydrogens is 347 g/mol. The van der Waals surface area contributed by atoms with Crippen LogP contribution in [0.3, 0.4) is 0 Å². The number of hydrogen-bond acceptors (Lipinski definition) is 3. The number of anilines is 1. The maximum atomic E-state index is 13.2. The van der Waals surface area contributed by atoms with Crippen molar-refractivity contribution >= 4 is 29.1 Å². The lowest BCUT2D eigenvalue weighted by Gasteiger charge is -2.30. The van der Waals surface area contributed by atoms with Crippen molar-refractivity contribution in [3.63, 3.8) is 0 Å². The fourth-order valence-electron chi connectivity index (χ4n) is 2.90. The predicted molar refractivity (Wildman–Crippen MR) is 92.5 cm³/mol. The van der Waals surface area contributed by atoms with Crippen molar-refractivity contribution in [2.75, 3.05) is 18.1 Å². The van der Waals surface area contributed by atoms with E-state index in [0.29, 0.717) is 30.0 Å². The Morgan fingerprint density at radius 2 is 2.08 bits per heavy atom. The monoisotopic (exact) mass is 362 g/mol. The van der Waals surface area contributed by atoms with Gasteiger partial charge in [0.25, 0.3) is 5.91 Å². The Morgan fingerprint density at radius 3 is 2.80 bits per heavy atom. The van der Waals surface area contributed by atoms with Crippen molar-refractivity contribution in [2.45, 2.75) is 12.8 Å². The highest BCUT2D eigenvalue weighted by molar-refractivity contribution is 6.30. The van der Waals surface area contributed by atoms with Gasteiger partial charge in [-0.15, -0.1) is 0 Å². The van der Waals surface area contributed by atoms with Crippen molar-refractivity contribution < 1.29 is 18.7 Å². The van der Waals surface area contributed by atoms with Gasteiger partial charge in [-0.3, -0.25) is 9.59 Å². The third-order valence-electron chi connectivity index (χ3n) is 4.07. The molecule has 2 amide bonds. The molecule has 0 atom stereocenters. The topological polar surface area (TPSA) is 72.6 Å². The second-order valence-electron chi connectivity index (χ2n) is 5.68. The summed E-state index contributed by atoms with van der Waals surface area (Å²) in [6.07, 6.45) is 1.41. The molecule has 2 N–H and O–H groups in total. The summed E-state index contributed by atoms with van der Waals surface area (Å²) in [5.41, 5.74) is 7.29. The molecule has 2 aromatic rings. The number of fused-ring (bicyclic) bond motifs is 1. The van der Waals surface area contributed by atoms with Gasteiger partial charge in [0.15, 0.2) is 6.61 Å². The minimum absolute atomic E-state index is 0.0700. The Hall–Kier alpha value is -2.60. The number of carbonyl (C=O) groups is 2. The molecule has 0 saturated carbocycles. The van der Waals surface area contributed by atoms with Gasteiger partial charge in [0, 0.05) is 23.9 Å². The van der Waals surface area contributed by atoms with E-state index in [9.17, 15) is 14.0 Å². The Morgan fingerprint density at radius 1 is 1.28 bits per heavy atom. The van der Waals surface area contributed by atoms with Gasteiger partial charge in [-0.2, -0.15) is 0 Å². The maximum Gasteiger partial charge on any atom is 0.264 e. The van der Waals surface area contributed by atoms with Crippen LogP contribution in [0.2, 0.25) is 5.02 Å². The first-order chi connectivity index (χ1) is 12.0. The molecule has 0 saturated heterocycles. The molecular formula is C18H16ClFN2O3. The summed E-state index contributed by atoms with van der Waals surface area (Å²) >= 11 is 5.70. The number of ether oxygens (including phenoxy) is 1. The van der Waals surface area contributed by atoms with Crippen LogP contribution in [0.5, 0.6) is 5.75 Å². The summed E-state index contributed by atoms with van der Waals surface area (Å²) in [6.45, 7) is 0.309. The molecule has 25 heavy (non-hydrogen) atoms. The van der Waals surface area contributed by atoms with E-state index in [2.05, 4.69) is 0 Å². The minimum atomic E-state index is -0.552. The fourth-order valence-corrected chi connectivity index (χ4v) is 3.07. The molecule has 0 bridgehead atoms. The fraction of sp³-hybridized carbons (Fsp3) is 0.222. The lowest BCUT2D eigenvalue weighted by Crippen LogP contribution is -2.39. The molecule has 1 aliphatic rings. The number of carbonyl (C=O) groups excluding carboxylic acids is 2. The Bertz CT molecular complexity index is 841. The van der Waals surface area contributed by atoms with Gasteiger partial charge in [0.1, 0.15) is 11.6 Å². The van der Waals surface area contributed by atoms with Crippen LogP contribution in [0.25, 0.3) is 0 Å². The van der Waals surface area contributed by atoms with Crippen LogP contribution < -0.4 is 15.4 Å². The van der Waals surface area contributed by atoms with Gasteiger partial charge >= 0.3 is 0 Å². The Balaban J connectivity index is 1.77. The number of halogens is 2. The zero-order valence-electron chi connectivity index (χ0n) is 13.3. The van der Waals surface area contributed by atoms with E-state index in [4.69, 9.17) is 22.1 Å². The molecule has 0 fully saturated rings. The molecule has 2 aromatic carbocycles. The van der Waals surface area contributed by atoms with Crippen molar-refractivity contribution in [3.8, 4) is 5.75 Å². The van der Waals surface area contributed by atoms with E-state index >= 15 is 0 Å². The second kappa shape index (κ2) is 7.11. The minimum Gasteiger partial charge on any atom is -0.484 e. The quantitative estimate of drug-likeness (QED) is 0.908. The number of hydrogen-bond donors (Lipinski definition) is 1. The van der Waals surface area contributed by atoms with Crippen LogP contribution >= 0.6 is 11.6 Å². The van der Waals surface area contributed by atoms with E-state index < -0.39 is 11.7 Å². The molecule has 5 nitrogen and oxygen atoms in total. The number of amides is 2. The largest absolute Gasteiger partial charge is 0.484 e. The number of rotatable bonds is 4. The van der Waals surface area contributed by atoms with Gasteiger partial charge in [-0.25, -0.2) is 4.39 Å². The van der Waals surface area contributed by atoms with Crippen LogP contribution in [0.4, 0.5) is 10.1 Å². The molecule has 0 spiro atoms. The highest BCUT2D eigenvalue weighted by Gasteiger charge is 2.25. The van der Waals surface area contributed by atoms with E-state index in [-0.39, 0.29) is 17.5 Å². The van der Waals surface area contributed by atoms with E-state index in [1.165, 1.54) is 18.2 Å². The van der Waals surface area contributed by atoms with Crippen LogP contribution in [0, 0.1) is 5.82 Å². The standard InChI is InChI=1S/C18H16ClFN2O3/c19-14-9-11(6-7-15(14)20)25-10-17(23)22-8-2-4-12-13(18(21)24)3-1-5-16(12)22/h1,3,5-7,9H,2,4,8,10H2,(H2,21,24). The summed E-state index contributed by atoms with van der Waals surface area (Å²) in [6, 6.07) is 9.05. The van der Waals surface area contributed by atoms with E-state index in [0.717, 1.165) is 12.0 Å². The first-order valence-electron chi connectivity index (χ1n) is 7.77. The van der Waals surface area contributed by atoms with Gasteiger partial charge in [0.2, 0.25) is 5.91 Å². The van der Waals surface area contributed by atoms with Crippen LogP contribution in [-0.2, 0) is 11.2 Å².